The Hall–Kier alpha value is -1.06. The second-order valence-electron chi connectivity index (χ2n) is 7.24. The minimum Gasteiger partial charge on any atom is -0.342 e. The number of nitrogens with one attached hydrogen (secondary N) is 1. The minimum atomic E-state index is -0.730. The molecule has 2 rings (SSSR count). The Bertz CT molecular complexity index is 408. The number of hydrogen-bond acceptors (Lipinski definition) is 2. The fourth-order valence-electron chi connectivity index (χ4n) is 3.92. The first kappa shape index (κ1) is 16.3. The van der Waals surface area contributed by atoms with Gasteiger partial charge in [-0.05, 0) is 38.0 Å². The number of amides is 2. The number of rotatable bonds is 3. The molecule has 2 amide bonds. The first-order valence-electron chi connectivity index (χ1n) is 8.51. The van der Waals surface area contributed by atoms with Crippen LogP contribution < -0.4 is 5.32 Å². The molecular formula is C17H30N2O2. The third-order valence-corrected chi connectivity index (χ3v) is 5.47. The van der Waals surface area contributed by atoms with Crippen LogP contribution in [0.4, 0.5) is 0 Å². The number of hydrogen-bond donors (Lipinski definition) is 1. The average molecular weight is 294 g/mol. The maximum Gasteiger partial charge on any atom is 0.248 e. The van der Waals surface area contributed by atoms with Gasteiger partial charge in [-0.1, -0.05) is 33.6 Å². The van der Waals surface area contributed by atoms with Crippen LogP contribution in [0.25, 0.3) is 0 Å². The van der Waals surface area contributed by atoms with Crippen LogP contribution in [0.2, 0.25) is 0 Å². The highest BCUT2D eigenvalue weighted by atomic mass is 16.2. The van der Waals surface area contributed by atoms with Gasteiger partial charge in [0.15, 0.2) is 0 Å². The van der Waals surface area contributed by atoms with E-state index in [1.807, 2.05) is 18.7 Å². The topological polar surface area (TPSA) is 49.4 Å². The lowest BCUT2D eigenvalue weighted by molar-refractivity contribution is -0.142. The molecule has 3 unspecified atom stereocenters. The van der Waals surface area contributed by atoms with Gasteiger partial charge in [-0.2, -0.15) is 0 Å². The maximum atomic E-state index is 13.0. The van der Waals surface area contributed by atoms with E-state index in [9.17, 15) is 9.59 Å². The van der Waals surface area contributed by atoms with Crippen molar-refractivity contribution in [2.24, 2.45) is 11.8 Å². The fraction of sp³-hybridized carbons (Fsp3) is 0.882. The highest BCUT2D eigenvalue weighted by molar-refractivity contribution is 5.93. The summed E-state index contributed by atoms with van der Waals surface area (Å²) in [7, 11) is 0. The van der Waals surface area contributed by atoms with Crippen molar-refractivity contribution < 1.29 is 9.59 Å². The lowest BCUT2D eigenvalue weighted by Crippen LogP contribution is -2.58. The third kappa shape index (κ3) is 3.24. The molecule has 4 heteroatoms. The van der Waals surface area contributed by atoms with E-state index in [4.69, 9.17) is 0 Å². The van der Waals surface area contributed by atoms with Gasteiger partial charge in [0.05, 0.1) is 0 Å². The van der Waals surface area contributed by atoms with E-state index in [2.05, 4.69) is 19.2 Å². The molecule has 1 aliphatic carbocycles. The van der Waals surface area contributed by atoms with E-state index in [1.54, 1.807) is 0 Å². The van der Waals surface area contributed by atoms with Gasteiger partial charge in [-0.25, -0.2) is 0 Å². The summed E-state index contributed by atoms with van der Waals surface area (Å²) in [5, 5.41) is 2.94. The monoisotopic (exact) mass is 294 g/mol. The van der Waals surface area contributed by atoms with Crippen molar-refractivity contribution in [3.8, 4) is 0 Å². The minimum absolute atomic E-state index is 0.00658. The number of nitrogens with zero attached hydrogens (tertiary/aromatic N) is 1. The van der Waals surface area contributed by atoms with E-state index < -0.39 is 5.54 Å². The molecule has 2 fully saturated rings. The molecule has 4 nitrogen and oxygen atoms in total. The molecule has 1 heterocycles. The van der Waals surface area contributed by atoms with Gasteiger partial charge in [-0.3, -0.25) is 9.59 Å². The van der Waals surface area contributed by atoms with Gasteiger partial charge in [0.1, 0.15) is 5.54 Å². The lowest BCUT2D eigenvalue weighted by Gasteiger charge is -2.43. The lowest BCUT2D eigenvalue weighted by atomic mass is 9.76. The normalized spacial score (nSPS) is 34.8. The molecule has 0 aromatic heterocycles. The summed E-state index contributed by atoms with van der Waals surface area (Å²) < 4.78 is 0. The van der Waals surface area contributed by atoms with Crippen LogP contribution in [0, 0.1) is 11.8 Å². The van der Waals surface area contributed by atoms with Crippen LogP contribution >= 0.6 is 0 Å². The molecule has 0 aromatic rings. The zero-order chi connectivity index (χ0) is 15.6. The highest BCUT2D eigenvalue weighted by Crippen LogP contribution is 2.35. The van der Waals surface area contributed by atoms with Crippen molar-refractivity contribution in [3.63, 3.8) is 0 Å². The van der Waals surface area contributed by atoms with Crippen LogP contribution in [0.15, 0.2) is 0 Å². The Morgan fingerprint density at radius 1 is 1.29 bits per heavy atom. The summed E-state index contributed by atoms with van der Waals surface area (Å²) in [4.78, 5) is 27.0. The predicted octanol–water partition coefficient (Wildman–Crippen LogP) is 2.72. The zero-order valence-electron chi connectivity index (χ0n) is 13.9. The molecular weight excluding hydrogens is 264 g/mol. The van der Waals surface area contributed by atoms with E-state index in [-0.39, 0.29) is 11.8 Å². The summed E-state index contributed by atoms with van der Waals surface area (Å²) in [5.41, 5.74) is -0.730. The zero-order valence-corrected chi connectivity index (χ0v) is 13.9. The van der Waals surface area contributed by atoms with Crippen molar-refractivity contribution in [1.29, 1.82) is 0 Å². The Balaban J connectivity index is 2.27. The van der Waals surface area contributed by atoms with Crippen molar-refractivity contribution in [2.45, 2.75) is 77.8 Å². The van der Waals surface area contributed by atoms with Gasteiger partial charge < -0.3 is 10.2 Å². The fourth-order valence-corrected chi connectivity index (χ4v) is 3.92. The summed E-state index contributed by atoms with van der Waals surface area (Å²) in [6.07, 6.45) is 5.83. The Kier molecular flexibility index (Phi) is 4.95. The SMILES string of the molecule is CCC1(C)NC(=O)CCN(C2CCCCC2C(C)C)C1=O. The van der Waals surface area contributed by atoms with Gasteiger partial charge in [0, 0.05) is 19.0 Å². The second-order valence-corrected chi connectivity index (χ2v) is 7.24. The van der Waals surface area contributed by atoms with E-state index in [1.165, 1.54) is 19.3 Å². The van der Waals surface area contributed by atoms with Gasteiger partial charge in [0.2, 0.25) is 11.8 Å². The molecule has 21 heavy (non-hydrogen) atoms. The molecule has 0 aromatic carbocycles. The summed E-state index contributed by atoms with van der Waals surface area (Å²) in [6.45, 7) is 8.94. The van der Waals surface area contributed by atoms with Crippen LogP contribution in [0.1, 0.15) is 66.2 Å². The second kappa shape index (κ2) is 6.37. The smallest absolute Gasteiger partial charge is 0.248 e. The molecule has 2 aliphatic rings. The van der Waals surface area contributed by atoms with Crippen molar-refractivity contribution in [1.82, 2.24) is 10.2 Å². The Morgan fingerprint density at radius 2 is 1.95 bits per heavy atom. The molecule has 0 bridgehead atoms. The van der Waals surface area contributed by atoms with Gasteiger partial charge in [-0.15, -0.1) is 0 Å². The van der Waals surface area contributed by atoms with Crippen molar-refractivity contribution in [2.75, 3.05) is 6.54 Å². The number of carbonyl (C=O) groups excluding carboxylic acids is 2. The van der Waals surface area contributed by atoms with E-state index in [0.717, 1.165) is 6.42 Å². The molecule has 1 saturated carbocycles. The van der Waals surface area contributed by atoms with Gasteiger partial charge >= 0.3 is 0 Å². The average Bonchev–Trinajstić information content (AvgIpc) is 2.57. The molecule has 3 atom stereocenters. The third-order valence-electron chi connectivity index (χ3n) is 5.47. The highest BCUT2D eigenvalue weighted by Gasteiger charge is 2.44. The Morgan fingerprint density at radius 3 is 2.57 bits per heavy atom. The van der Waals surface area contributed by atoms with Crippen LogP contribution in [-0.4, -0.2) is 34.8 Å². The molecule has 0 spiro atoms. The largest absolute Gasteiger partial charge is 0.342 e. The van der Waals surface area contributed by atoms with Gasteiger partial charge in [0.25, 0.3) is 0 Å². The molecule has 120 valence electrons. The quantitative estimate of drug-likeness (QED) is 0.870. The molecule has 1 N–H and O–H groups in total. The predicted molar refractivity (Wildman–Crippen MR) is 83.8 cm³/mol. The van der Waals surface area contributed by atoms with Crippen molar-refractivity contribution >= 4 is 11.8 Å². The van der Waals surface area contributed by atoms with Crippen LogP contribution in [0.3, 0.4) is 0 Å². The van der Waals surface area contributed by atoms with E-state index in [0.29, 0.717) is 37.3 Å². The summed E-state index contributed by atoms with van der Waals surface area (Å²) in [5.74, 6) is 1.28. The summed E-state index contributed by atoms with van der Waals surface area (Å²) in [6, 6.07) is 0.310. The molecule has 0 radical (unpaired) electrons. The van der Waals surface area contributed by atoms with Crippen LogP contribution in [0.5, 0.6) is 0 Å². The van der Waals surface area contributed by atoms with E-state index >= 15 is 0 Å². The van der Waals surface area contributed by atoms with Crippen molar-refractivity contribution in [3.05, 3.63) is 0 Å². The standard InChI is InChI=1S/C17H30N2O2/c1-5-17(4)16(21)19(11-10-15(20)18-17)14-9-7-6-8-13(14)12(2)3/h12-14H,5-11H2,1-4H3,(H,18,20). The van der Waals surface area contributed by atoms with Crippen LogP contribution in [-0.2, 0) is 9.59 Å². The Labute approximate surface area is 128 Å². The summed E-state index contributed by atoms with van der Waals surface area (Å²) >= 11 is 0. The molecule has 1 aliphatic heterocycles. The maximum absolute atomic E-state index is 13.0. The first-order valence-corrected chi connectivity index (χ1v) is 8.51. The number of carbonyl (C=O) groups is 2. The molecule has 1 saturated heterocycles. The first-order chi connectivity index (χ1) is 9.89.